The molecule has 0 radical (unpaired) electrons. The van der Waals surface area contributed by atoms with Crippen LogP contribution in [0.1, 0.15) is 91.4 Å². The molecule has 4 heteroatoms. The summed E-state index contributed by atoms with van der Waals surface area (Å²) in [4.78, 5) is 16.3. The van der Waals surface area contributed by atoms with Gasteiger partial charge in [-0.05, 0) is 26.2 Å². The van der Waals surface area contributed by atoms with Gasteiger partial charge in [0.05, 0.1) is 13.1 Å². The Balaban J connectivity index is 2.19. The molecule has 0 aromatic heterocycles. The molecule has 1 aliphatic heterocycles. The number of carbonyl (C=O) groups is 1. The number of hydrogen-bond acceptors (Lipinski definition) is 2. The van der Waals surface area contributed by atoms with Crippen molar-refractivity contribution in [1.82, 2.24) is 5.32 Å². The molecule has 4 nitrogen and oxygen atoms in total. The molecule has 0 spiro atoms. The number of nitrogens with one attached hydrogen (secondary N) is 1. The average Bonchev–Trinajstić information content (AvgIpc) is 3.03. The first kappa shape index (κ1) is 22.9. The number of hydrogen-bond donors (Lipinski definition) is 1. The van der Waals surface area contributed by atoms with Crippen LogP contribution in [0.25, 0.3) is 0 Å². The lowest BCUT2D eigenvalue weighted by molar-refractivity contribution is -0.861. The number of aliphatic imine (C=N–C) groups is 1. The SMILES string of the molecule is C=CCCCCCCCCCCCC1=NCC[N+]1(CC)C(C)NC(C)=O. The molecule has 1 heterocycles. The van der Waals surface area contributed by atoms with E-state index in [1.54, 1.807) is 6.92 Å². The van der Waals surface area contributed by atoms with Gasteiger partial charge >= 0.3 is 0 Å². The highest BCUT2D eigenvalue weighted by atomic mass is 16.1. The van der Waals surface area contributed by atoms with E-state index in [9.17, 15) is 4.79 Å². The van der Waals surface area contributed by atoms with Crippen LogP contribution in [-0.2, 0) is 4.79 Å². The van der Waals surface area contributed by atoms with Gasteiger partial charge in [0.25, 0.3) is 0 Å². The van der Waals surface area contributed by atoms with Crippen LogP contribution in [0.4, 0.5) is 0 Å². The zero-order valence-electron chi connectivity index (χ0n) is 17.6. The Labute approximate surface area is 161 Å². The minimum atomic E-state index is 0.0548. The van der Waals surface area contributed by atoms with E-state index in [0.717, 1.165) is 30.5 Å². The summed E-state index contributed by atoms with van der Waals surface area (Å²) in [5, 5.41) is 3.10. The number of likely N-dealkylation sites (N-methyl/N-ethyl adjacent to an activating group) is 1. The fourth-order valence-electron chi connectivity index (χ4n) is 4.19. The molecule has 2 atom stereocenters. The maximum atomic E-state index is 11.5. The van der Waals surface area contributed by atoms with E-state index in [0.29, 0.717) is 0 Å². The Morgan fingerprint density at radius 3 is 2.27 bits per heavy atom. The lowest BCUT2D eigenvalue weighted by atomic mass is 10.0. The summed E-state index contributed by atoms with van der Waals surface area (Å²) in [7, 11) is 0. The van der Waals surface area contributed by atoms with Gasteiger partial charge in [-0.15, -0.1) is 6.58 Å². The van der Waals surface area contributed by atoms with E-state index >= 15 is 0 Å². The van der Waals surface area contributed by atoms with Crippen molar-refractivity contribution in [3.63, 3.8) is 0 Å². The summed E-state index contributed by atoms with van der Waals surface area (Å²) in [5.74, 6) is 1.36. The second-order valence-electron chi connectivity index (χ2n) is 7.76. The molecule has 1 rings (SSSR count). The second-order valence-corrected chi connectivity index (χ2v) is 7.76. The first-order chi connectivity index (χ1) is 12.6. The summed E-state index contributed by atoms with van der Waals surface area (Å²) in [6.45, 7) is 12.7. The van der Waals surface area contributed by atoms with Crippen molar-refractivity contribution in [3.05, 3.63) is 12.7 Å². The maximum Gasteiger partial charge on any atom is 0.221 e. The van der Waals surface area contributed by atoms with Gasteiger partial charge in [0.2, 0.25) is 5.91 Å². The summed E-state index contributed by atoms with van der Waals surface area (Å²) >= 11 is 0. The molecule has 1 aliphatic rings. The van der Waals surface area contributed by atoms with Crippen LogP contribution in [0.5, 0.6) is 0 Å². The number of allylic oxidation sites excluding steroid dienone is 1. The van der Waals surface area contributed by atoms with Crippen molar-refractivity contribution in [2.24, 2.45) is 4.99 Å². The zero-order valence-corrected chi connectivity index (χ0v) is 17.6. The molecular formula is C22H42N3O+. The van der Waals surface area contributed by atoms with Gasteiger partial charge in [0.1, 0.15) is 6.54 Å². The van der Waals surface area contributed by atoms with Crippen LogP contribution in [0, 0.1) is 0 Å². The van der Waals surface area contributed by atoms with Crippen molar-refractivity contribution in [3.8, 4) is 0 Å². The molecule has 1 N–H and O–H groups in total. The predicted molar refractivity (Wildman–Crippen MR) is 112 cm³/mol. The third kappa shape index (κ3) is 7.61. The first-order valence-corrected chi connectivity index (χ1v) is 10.9. The Kier molecular flexibility index (Phi) is 11.5. The van der Waals surface area contributed by atoms with Gasteiger partial charge in [-0.3, -0.25) is 9.28 Å². The molecule has 0 aliphatic carbocycles. The first-order valence-electron chi connectivity index (χ1n) is 10.9. The van der Waals surface area contributed by atoms with Crippen LogP contribution >= 0.6 is 0 Å². The molecule has 0 aromatic rings. The Bertz CT molecular complexity index is 447. The third-order valence-electron chi connectivity index (χ3n) is 5.83. The molecule has 1 amide bonds. The number of amidine groups is 1. The largest absolute Gasteiger partial charge is 0.307 e. The van der Waals surface area contributed by atoms with E-state index < -0.39 is 0 Å². The average molecular weight is 365 g/mol. The highest BCUT2D eigenvalue weighted by Crippen LogP contribution is 2.23. The van der Waals surface area contributed by atoms with Crippen LogP contribution in [0.15, 0.2) is 17.6 Å². The minimum Gasteiger partial charge on any atom is -0.307 e. The standard InChI is InChI=1S/C22H41N3O/c1-5-7-8-9-10-11-12-13-14-15-16-17-22-23-18-19-25(22,6-2)20(3)24-21(4)26/h5,20H,1,6-19H2,2-4H3/p+1. The van der Waals surface area contributed by atoms with Crippen LogP contribution in [0.3, 0.4) is 0 Å². The number of quaternary nitrogens is 1. The molecule has 150 valence electrons. The van der Waals surface area contributed by atoms with Gasteiger partial charge in [-0.25, -0.2) is 4.99 Å². The normalized spacial score (nSPS) is 20.7. The molecule has 26 heavy (non-hydrogen) atoms. The van der Waals surface area contributed by atoms with Crippen molar-refractivity contribution in [1.29, 1.82) is 0 Å². The van der Waals surface area contributed by atoms with E-state index in [-0.39, 0.29) is 12.1 Å². The molecule has 0 fully saturated rings. The fraction of sp³-hybridized carbons (Fsp3) is 0.818. The quantitative estimate of drug-likeness (QED) is 0.242. The van der Waals surface area contributed by atoms with Crippen LogP contribution in [0.2, 0.25) is 0 Å². The molecule has 0 saturated carbocycles. The molecule has 0 saturated heterocycles. The molecule has 2 unspecified atom stereocenters. The molecule has 0 aromatic carbocycles. The number of unbranched alkanes of at least 4 members (excludes halogenated alkanes) is 9. The van der Waals surface area contributed by atoms with Gasteiger partial charge in [0.15, 0.2) is 12.0 Å². The highest BCUT2D eigenvalue weighted by molar-refractivity contribution is 5.78. The van der Waals surface area contributed by atoms with E-state index in [1.807, 2.05) is 6.08 Å². The van der Waals surface area contributed by atoms with Gasteiger partial charge in [-0.1, -0.05) is 51.0 Å². The zero-order chi connectivity index (χ0) is 19.3. The summed E-state index contributed by atoms with van der Waals surface area (Å²) in [6, 6.07) is 0. The number of rotatable bonds is 15. The maximum absolute atomic E-state index is 11.5. The molecular weight excluding hydrogens is 322 g/mol. The third-order valence-corrected chi connectivity index (χ3v) is 5.83. The summed E-state index contributed by atoms with van der Waals surface area (Å²) in [5.41, 5.74) is 0. The summed E-state index contributed by atoms with van der Waals surface area (Å²) < 4.78 is 0.851. The molecule has 0 bridgehead atoms. The van der Waals surface area contributed by atoms with Crippen molar-refractivity contribution in [2.75, 3.05) is 19.6 Å². The predicted octanol–water partition coefficient (Wildman–Crippen LogP) is 5.19. The minimum absolute atomic E-state index is 0.0548. The monoisotopic (exact) mass is 364 g/mol. The van der Waals surface area contributed by atoms with Gasteiger partial charge in [0, 0.05) is 20.3 Å². The Hall–Kier alpha value is -1.16. The van der Waals surface area contributed by atoms with Crippen LogP contribution < -0.4 is 5.32 Å². The number of amides is 1. The van der Waals surface area contributed by atoms with Crippen molar-refractivity contribution in [2.45, 2.75) is 97.6 Å². The van der Waals surface area contributed by atoms with Crippen molar-refractivity contribution >= 4 is 11.7 Å². The van der Waals surface area contributed by atoms with E-state index in [4.69, 9.17) is 4.99 Å². The lowest BCUT2D eigenvalue weighted by Gasteiger charge is -2.39. The number of nitrogens with zero attached hydrogens (tertiary/aromatic N) is 2. The lowest BCUT2D eigenvalue weighted by Crippen LogP contribution is -2.62. The highest BCUT2D eigenvalue weighted by Gasteiger charge is 2.41. The Morgan fingerprint density at radius 2 is 1.73 bits per heavy atom. The fourth-order valence-corrected chi connectivity index (χ4v) is 4.19. The van der Waals surface area contributed by atoms with Gasteiger partial charge in [-0.2, -0.15) is 0 Å². The van der Waals surface area contributed by atoms with Crippen molar-refractivity contribution < 1.29 is 9.28 Å². The van der Waals surface area contributed by atoms with Crippen LogP contribution in [-0.4, -0.2) is 42.0 Å². The van der Waals surface area contributed by atoms with E-state index in [1.165, 1.54) is 70.0 Å². The second kappa shape index (κ2) is 13.1. The Morgan fingerprint density at radius 1 is 1.15 bits per heavy atom. The summed E-state index contributed by atoms with van der Waals surface area (Å²) in [6.07, 6.45) is 16.4. The van der Waals surface area contributed by atoms with E-state index in [2.05, 4.69) is 25.7 Å². The smallest absolute Gasteiger partial charge is 0.221 e. The van der Waals surface area contributed by atoms with Gasteiger partial charge < -0.3 is 5.32 Å². The topological polar surface area (TPSA) is 41.5 Å². The number of carbonyl (C=O) groups excluding carboxylic acids is 1.